The third-order valence-electron chi connectivity index (χ3n) is 12.4. The van der Waals surface area contributed by atoms with E-state index in [1.54, 1.807) is 0 Å². The lowest BCUT2D eigenvalue weighted by Crippen LogP contribution is -2.60. The van der Waals surface area contributed by atoms with Crippen LogP contribution in [-0.4, -0.2) is 160 Å². The lowest BCUT2D eigenvalue weighted by Gasteiger charge is -2.30. The SMILES string of the molecule is CCCCCCCCCCCC(=O)N[C@@H]1C(=O)N[C@H](CCC(N)=O)C(=O)N[C@@H](CC(=O)O)C(=O)NCC(=O)N[C@@H](CC(N)=O)C(=O)N[C@@H](CC(=O)O)C(=O)NCC(=O)N[C@@H](Cc2ccc(O)cc2)C(=O)N[C@@H](C(C)C)C(=O)OC1C. The first-order chi connectivity index (χ1) is 37.7. The number of amides is 11. The minimum absolute atomic E-state index is 0.0969. The first kappa shape index (κ1) is 67.7. The molecule has 444 valence electrons. The molecule has 29 heteroatoms. The smallest absolute Gasteiger partial charge is 0.329 e. The van der Waals surface area contributed by atoms with Crippen LogP contribution in [0.15, 0.2) is 24.3 Å². The second-order valence-electron chi connectivity index (χ2n) is 19.6. The van der Waals surface area contributed by atoms with Gasteiger partial charge in [-0.25, -0.2) is 4.79 Å². The first-order valence-electron chi connectivity index (χ1n) is 26.3. The van der Waals surface area contributed by atoms with Gasteiger partial charge in [-0.1, -0.05) is 84.3 Å². The fraction of sp³-hybridized carbons (Fsp3) is 0.608. The van der Waals surface area contributed by atoms with Crippen LogP contribution in [0.2, 0.25) is 0 Å². The molecule has 0 aromatic heterocycles. The highest BCUT2D eigenvalue weighted by atomic mass is 16.5. The van der Waals surface area contributed by atoms with Crippen LogP contribution in [-0.2, 0) is 78.3 Å². The van der Waals surface area contributed by atoms with E-state index in [0.717, 1.165) is 44.9 Å². The van der Waals surface area contributed by atoms with E-state index >= 15 is 0 Å². The van der Waals surface area contributed by atoms with Gasteiger partial charge in [0.05, 0.1) is 32.4 Å². The molecule has 1 fully saturated rings. The minimum atomic E-state index is -2.02. The van der Waals surface area contributed by atoms with Gasteiger partial charge in [0.15, 0.2) is 0 Å². The van der Waals surface area contributed by atoms with Gasteiger partial charge in [0.1, 0.15) is 54.1 Å². The van der Waals surface area contributed by atoms with Crippen molar-refractivity contribution >= 4 is 82.9 Å². The van der Waals surface area contributed by atoms with Crippen molar-refractivity contribution in [1.82, 2.24) is 47.9 Å². The maximum absolute atomic E-state index is 14.3. The van der Waals surface area contributed by atoms with Gasteiger partial charge in [0.2, 0.25) is 65.0 Å². The molecule has 1 unspecified atom stereocenters. The van der Waals surface area contributed by atoms with E-state index in [1.165, 1.54) is 45.0 Å². The zero-order valence-electron chi connectivity index (χ0n) is 45.4. The quantitative estimate of drug-likeness (QED) is 0.0388. The molecule has 8 atom stereocenters. The fourth-order valence-electron chi connectivity index (χ4n) is 8.00. The highest BCUT2D eigenvalue weighted by molar-refractivity contribution is 5.99. The number of ether oxygens (including phenoxy) is 1. The lowest BCUT2D eigenvalue weighted by atomic mass is 10.0. The van der Waals surface area contributed by atoms with Crippen molar-refractivity contribution in [2.24, 2.45) is 17.4 Å². The summed E-state index contributed by atoms with van der Waals surface area (Å²) in [5, 5.41) is 49.4. The molecule has 1 aliphatic rings. The molecule has 0 bridgehead atoms. The van der Waals surface area contributed by atoms with Gasteiger partial charge in [-0.15, -0.1) is 0 Å². The molecular formula is C51H77N11O18. The summed E-state index contributed by atoms with van der Waals surface area (Å²) in [6.45, 7) is 4.31. The van der Waals surface area contributed by atoms with Gasteiger partial charge in [-0.05, 0) is 43.4 Å². The Labute approximate surface area is 461 Å². The van der Waals surface area contributed by atoms with Crippen LogP contribution in [0.25, 0.3) is 0 Å². The van der Waals surface area contributed by atoms with Crippen LogP contribution in [0.3, 0.4) is 0 Å². The van der Waals surface area contributed by atoms with Crippen molar-refractivity contribution < 1.29 is 87.2 Å². The number of unbranched alkanes of at least 4 members (excludes halogenated alkanes) is 8. The monoisotopic (exact) mass is 1130 g/mol. The third kappa shape index (κ3) is 26.3. The Morgan fingerprint density at radius 3 is 1.54 bits per heavy atom. The number of phenols is 1. The van der Waals surface area contributed by atoms with Gasteiger partial charge >= 0.3 is 17.9 Å². The van der Waals surface area contributed by atoms with Crippen LogP contribution in [0.5, 0.6) is 5.75 Å². The molecule has 1 aromatic carbocycles. The molecule has 0 radical (unpaired) electrons. The predicted octanol–water partition coefficient (Wildman–Crippen LogP) is -2.83. The van der Waals surface area contributed by atoms with Crippen molar-refractivity contribution in [1.29, 1.82) is 0 Å². The summed E-state index contributed by atoms with van der Waals surface area (Å²) in [7, 11) is 0. The van der Waals surface area contributed by atoms with E-state index in [4.69, 9.17) is 16.2 Å². The minimum Gasteiger partial charge on any atom is -0.508 e. The number of hydrogen-bond acceptors (Lipinski definition) is 16. The Bertz CT molecular complexity index is 2370. The molecule has 1 aliphatic heterocycles. The largest absolute Gasteiger partial charge is 0.508 e. The Morgan fingerprint density at radius 2 is 1.05 bits per heavy atom. The number of rotatable bonds is 23. The fourth-order valence-corrected chi connectivity index (χ4v) is 8.00. The molecule has 16 N–H and O–H groups in total. The van der Waals surface area contributed by atoms with Crippen LogP contribution < -0.4 is 59.3 Å². The number of phenolic OH excluding ortho intramolecular Hbond substituents is 1. The first-order valence-corrected chi connectivity index (χ1v) is 26.3. The van der Waals surface area contributed by atoms with Gasteiger partial charge in [-0.2, -0.15) is 0 Å². The maximum Gasteiger partial charge on any atom is 0.329 e. The summed E-state index contributed by atoms with van der Waals surface area (Å²) in [6, 6.07) is -7.30. The van der Waals surface area contributed by atoms with Crippen molar-refractivity contribution in [3.63, 3.8) is 0 Å². The standard InChI is InChI=1S/C51H77N11O18/c1-5-6-7-8-9-10-11-12-13-14-38(66)61-44-28(4)80-51(79)43(27(2)3)62-49(77)32(21-29-15-17-30(63)18-16-29)56-39(67)25-54-46(74)35(24-42(71)72)60-48(76)33(22-37(53)65)57-40(68)26-55-45(73)34(23-41(69)70)59-47(75)31(58-50(44)78)19-20-36(52)64/h15-18,27-28,31-35,43-44,63H,5-14,19-26H2,1-4H3,(H2,52,64)(H2,53,65)(H,54,74)(H,55,73)(H,56,67)(H,57,68)(H,58,78)(H,59,75)(H,60,76)(H,61,66)(H,62,77)(H,69,70)(H,71,72)/t28?,31-,32+,33+,34+,35+,43+,44+/m1/s1. The van der Waals surface area contributed by atoms with Gasteiger partial charge < -0.3 is 79.4 Å². The Hall–Kier alpha value is -8.40. The molecule has 80 heavy (non-hydrogen) atoms. The lowest BCUT2D eigenvalue weighted by molar-refractivity contribution is -0.157. The normalized spacial score (nSPS) is 22.7. The number of nitrogens with one attached hydrogen (secondary N) is 9. The molecule has 0 aliphatic carbocycles. The average molecular weight is 1130 g/mol. The summed E-state index contributed by atoms with van der Waals surface area (Å²) in [4.78, 5) is 185. The number of carbonyl (C=O) groups excluding carboxylic acids is 12. The molecule has 1 saturated heterocycles. The van der Waals surface area contributed by atoms with E-state index < -0.39 is 182 Å². The molecule has 11 amide bonds. The summed E-state index contributed by atoms with van der Waals surface area (Å²) < 4.78 is 5.74. The zero-order valence-corrected chi connectivity index (χ0v) is 45.4. The zero-order chi connectivity index (χ0) is 60.1. The number of carboxylic acid groups (broad SMARTS) is 2. The number of nitrogens with two attached hydrogens (primary N) is 2. The third-order valence-corrected chi connectivity index (χ3v) is 12.4. The Kier molecular flexibility index (Phi) is 29.8. The van der Waals surface area contributed by atoms with Crippen LogP contribution in [0, 0.1) is 5.92 Å². The molecular weight excluding hydrogens is 1050 g/mol. The van der Waals surface area contributed by atoms with Crippen LogP contribution >= 0.6 is 0 Å². The molecule has 29 nitrogen and oxygen atoms in total. The molecule has 0 spiro atoms. The van der Waals surface area contributed by atoms with E-state index in [0.29, 0.717) is 18.4 Å². The Morgan fingerprint density at radius 1 is 0.588 bits per heavy atom. The molecule has 0 saturated carbocycles. The van der Waals surface area contributed by atoms with E-state index in [-0.39, 0.29) is 18.6 Å². The van der Waals surface area contributed by atoms with Crippen LogP contribution in [0.1, 0.15) is 130 Å². The highest BCUT2D eigenvalue weighted by Crippen LogP contribution is 2.15. The van der Waals surface area contributed by atoms with Crippen molar-refractivity contribution in [3.05, 3.63) is 29.8 Å². The molecule has 1 heterocycles. The molecule has 1 aromatic rings. The van der Waals surface area contributed by atoms with E-state index in [2.05, 4.69) is 44.1 Å². The van der Waals surface area contributed by atoms with E-state index in [1.807, 2.05) is 10.6 Å². The van der Waals surface area contributed by atoms with Gasteiger partial charge in [-0.3, -0.25) is 62.3 Å². The van der Waals surface area contributed by atoms with Crippen molar-refractivity contribution in [3.8, 4) is 5.75 Å². The number of carbonyl (C=O) groups is 14. The van der Waals surface area contributed by atoms with Crippen LogP contribution in [0.4, 0.5) is 0 Å². The summed E-state index contributed by atoms with van der Waals surface area (Å²) in [5.74, 6) is -18.0. The Balaban J connectivity index is 2.72. The number of aliphatic carboxylic acids is 2. The maximum atomic E-state index is 14.3. The highest BCUT2D eigenvalue weighted by Gasteiger charge is 2.38. The summed E-state index contributed by atoms with van der Waals surface area (Å²) >= 11 is 0. The van der Waals surface area contributed by atoms with Crippen molar-refractivity contribution in [2.75, 3.05) is 13.1 Å². The van der Waals surface area contributed by atoms with Gasteiger partial charge in [0.25, 0.3) is 0 Å². The topological polar surface area (TPSA) is 469 Å². The number of hydrogen-bond donors (Lipinski definition) is 14. The predicted molar refractivity (Wildman–Crippen MR) is 280 cm³/mol. The van der Waals surface area contributed by atoms with E-state index in [9.17, 15) is 82.4 Å². The number of primary amides is 2. The second-order valence-corrected chi connectivity index (χ2v) is 19.6. The number of benzene rings is 1. The van der Waals surface area contributed by atoms with Crippen molar-refractivity contribution in [2.45, 2.75) is 179 Å². The second kappa shape index (κ2) is 35.2. The number of esters is 1. The summed E-state index contributed by atoms with van der Waals surface area (Å²) in [5.41, 5.74) is 11.0. The number of carboxylic acids is 2. The average Bonchev–Trinajstić information content (AvgIpc) is 3.37. The van der Waals surface area contributed by atoms with Gasteiger partial charge in [0, 0.05) is 19.3 Å². The number of cyclic esters (lactones) is 1. The number of aromatic hydroxyl groups is 1. The summed E-state index contributed by atoms with van der Waals surface area (Å²) in [6.07, 6.45) is 1.86. The molecule has 2 rings (SSSR count).